The molecule has 3 aromatic carbocycles. The van der Waals surface area contributed by atoms with Crippen LogP contribution in [0.4, 0.5) is 0 Å². The Morgan fingerprint density at radius 2 is 1.67 bits per heavy atom. The molecule has 0 fully saturated rings. The fourth-order valence-corrected chi connectivity index (χ4v) is 2.83. The van der Waals surface area contributed by atoms with Gasteiger partial charge in [-0.15, -0.1) is 0 Å². The van der Waals surface area contributed by atoms with Crippen molar-refractivity contribution in [1.82, 2.24) is 0 Å². The molecule has 0 N–H and O–H groups in total. The molecule has 0 bridgehead atoms. The van der Waals surface area contributed by atoms with Crippen molar-refractivity contribution in [3.8, 4) is 17.6 Å². The Kier molecular flexibility index (Phi) is 7.05. The number of methoxy groups -OCH3 is 1. The molecule has 5 heteroatoms. The smallest absolute Gasteiger partial charge is 0.336 e. The lowest BCUT2D eigenvalue weighted by atomic mass is 10.0. The number of halogens is 1. The minimum Gasteiger partial charge on any atom is -0.493 e. The van der Waals surface area contributed by atoms with Gasteiger partial charge in [0.1, 0.15) is 0 Å². The van der Waals surface area contributed by atoms with Crippen molar-refractivity contribution in [3.63, 3.8) is 0 Å². The number of carbonyl (C=O) groups excluding carboxylic acids is 1. The van der Waals surface area contributed by atoms with E-state index in [1.165, 1.54) is 13.2 Å². The Bertz CT molecular complexity index is 1130. The SMILES string of the molecule is COc1cc(/C=C(/C#N)c2ccccc2)ccc1OC(=O)/C=C/c1ccc(Cl)cc1. The maximum atomic E-state index is 12.2. The van der Waals surface area contributed by atoms with E-state index in [-0.39, 0.29) is 0 Å². The molecule has 0 aromatic heterocycles. The Balaban J connectivity index is 1.77. The standard InChI is InChI=1S/C25H18ClNO3/c1-29-24-16-19(15-21(17-27)20-5-3-2-4-6-20)9-13-23(24)30-25(28)14-10-18-7-11-22(26)12-8-18/h2-16H,1H3/b14-10+,21-15-. The highest BCUT2D eigenvalue weighted by molar-refractivity contribution is 6.30. The molecule has 0 saturated carbocycles. The molecule has 0 atom stereocenters. The molecule has 0 spiro atoms. The van der Waals surface area contributed by atoms with Crippen LogP contribution in [0.1, 0.15) is 16.7 Å². The largest absolute Gasteiger partial charge is 0.493 e. The number of ether oxygens (including phenoxy) is 2. The zero-order valence-corrected chi connectivity index (χ0v) is 17.0. The van der Waals surface area contributed by atoms with Gasteiger partial charge in [-0.25, -0.2) is 4.79 Å². The summed E-state index contributed by atoms with van der Waals surface area (Å²) in [5.41, 5.74) is 2.92. The first-order chi connectivity index (χ1) is 14.6. The normalized spacial score (nSPS) is 11.2. The molecule has 148 valence electrons. The Morgan fingerprint density at radius 3 is 2.33 bits per heavy atom. The van der Waals surface area contributed by atoms with Gasteiger partial charge in [-0.1, -0.05) is 60.1 Å². The van der Waals surface area contributed by atoms with Crippen LogP contribution < -0.4 is 9.47 Å². The van der Waals surface area contributed by atoms with Gasteiger partial charge in [0.25, 0.3) is 0 Å². The maximum absolute atomic E-state index is 12.2. The number of carbonyl (C=O) groups is 1. The molecule has 4 nitrogen and oxygen atoms in total. The fourth-order valence-electron chi connectivity index (χ4n) is 2.70. The van der Waals surface area contributed by atoms with Gasteiger partial charge >= 0.3 is 5.97 Å². The highest BCUT2D eigenvalue weighted by Gasteiger charge is 2.09. The van der Waals surface area contributed by atoms with Crippen molar-refractivity contribution in [2.24, 2.45) is 0 Å². The van der Waals surface area contributed by atoms with Gasteiger partial charge in [-0.3, -0.25) is 0 Å². The van der Waals surface area contributed by atoms with E-state index in [9.17, 15) is 10.1 Å². The number of allylic oxidation sites excluding steroid dienone is 1. The molecule has 30 heavy (non-hydrogen) atoms. The van der Waals surface area contributed by atoms with Gasteiger partial charge in [0, 0.05) is 11.1 Å². The van der Waals surface area contributed by atoms with Crippen molar-refractivity contribution < 1.29 is 14.3 Å². The second-order valence-corrected chi connectivity index (χ2v) is 6.69. The summed E-state index contributed by atoms with van der Waals surface area (Å²) in [5.74, 6) is 0.148. The first kappa shape index (κ1) is 20.9. The molecule has 3 rings (SSSR count). The van der Waals surface area contributed by atoms with Crippen LogP contribution in [0.2, 0.25) is 5.02 Å². The topological polar surface area (TPSA) is 59.3 Å². The average Bonchev–Trinajstić information content (AvgIpc) is 2.78. The lowest BCUT2D eigenvalue weighted by molar-refractivity contribution is -0.129. The summed E-state index contributed by atoms with van der Waals surface area (Å²) in [6, 6.07) is 23.8. The number of hydrogen-bond donors (Lipinski definition) is 0. The molecule has 0 saturated heterocycles. The summed E-state index contributed by atoms with van der Waals surface area (Å²) in [4.78, 5) is 12.2. The second kappa shape index (κ2) is 10.1. The summed E-state index contributed by atoms with van der Waals surface area (Å²) in [5, 5.41) is 10.1. The van der Waals surface area contributed by atoms with E-state index in [1.807, 2.05) is 30.3 Å². The van der Waals surface area contributed by atoms with Crippen molar-refractivity contribution in [3.05, 3.63) is 101 Å². The third-order valence-electron chi connectivity index (χ3n) is 4.20. The van der Waals surface area contributed by atoms with Crippen LogP contribution in [0, 0.1) is 11.3 Å². The summed E-state index contributed by atoms with van der Waals surface area (Å²) < 4.78 is 10.7. The maximum Gasteiger partial charge on any atom is 0.336 e. The van der Waals surface area contributed by atoms with Crippen LogP contribution >= 0.6 is 11.6 Å². The van der Waals surface area contributed by atoms with Gasteiger partial charge in [-0.05, 0) is 53.1 Å². The summed E-state index contributed by atoms with van der Waals surface area (Å²) in [6.07, 6.45) is 4.73. The third-order valence-corrected chi connectivity index (χ3v) is 4.45. The van der Waals surface area contributed by atoms with Crippen LogP contribution in [-0.2, 0) is 4.79 Å². The van der Waals surface area contributed by atoms with Crippen LogP contribution in [0.25, 0.3) is 17.7 Å². The van der Waals surface area contributed by atoms with E-state index in [4.69, 9.17) is 21.1 Å². The Labute approximate surface area is 180 Å². The van der Waals surface area contributed by atoms with Crippen molar-refractivity contribution >= 4 is 35.3 Å². The highest BCUT2D eigenvalue weighted by Crippen LogP contribution is 2.30. The molecule has 0 amide bonds. The molecular formula is C25H18ClNO3. The zero-order chi connectivity index (χ0) is 21.3. The molecular weight excluding hydrogens is 398 g/mol. The van der Waals surface area contributed by atoms with Crippen molar-refractivity contribution in [2.45, 2.75) is 0 Å². The monoisotopic (exact) mass is 415 g/mol. The van der Waals surface area contributed by atoms with E-state index in [2.05, 4.69) is 6.07 Å². The molecule has 0 aliphatic heterocycles. The van der Waals surface area contributed by atoms with Crippen LogP contribution in [0.5, 0.6) is 11.5 Å². The Morgan fingerprint density at radius 1 is 0.967 bits per heavy atom. The average molecular weight is 416 g/mol. The second-order valence-electron chi connectivity index (χ2n) is 6.25. The van der Waals surface area contributed by atoms with E-state index in [0.29, 0.717) is 22.1 Å². The minimum absolute atomic E-state index is 0.290. The lowest BCUT2D eigenvalue weighted by Crippen LogP contribution is -2.05. The van der Waals surface area contributed by atoms with Crippen LogP contribution in [0.15, 0.2) is 78.9 Å². The number of benzene rings is 3. The number of hydrogen-bond acceptors (Lipinski definition) is 4. The van der Waals surface area contributed by atoms with Gasteiger partial charge in [0.2, 0.25) is 0 Å². The molecule has 0 unspecified atom stereocenters. The highest BCUT2D eigenvalue weighted by atomic mass is 35.5. The summed E-state index contributed by atoms with van der Waals surface area (Å²) >= 11 is 5.85. The van der Waals surface area contributed by atoms with Gasteiger partial charge < -0.3 is 9.47 Å². The Hall–Kier alpha value is -3.81. The lowest BCUT2D eigenvalue weighted by Gasteiger charge is -2.09. The quantitative estimate of drug-likeness (QED) is 0.162. The van der Waals surface area contributed by atoms with Gasteiger partial charge in [-0.2, -0.15) is 5.26 Å². The number of nitriles is 1. The van der Waals surface area contributed by atoms with Crippen LogP contribution in [0.3, 0.4) is 0 Å². The first-order valence-electron chi connectivity index (χ1n) is 9.10. The molecule has 0 aliphatic carbocycles. The predicted molar refractivity (Wildman–Crippen MR) is 119 cm³/mol. The van der Waals surface area contributed by atoms with Crippen molar-refractivity contribution in [2.75, 3.05) is 7.11 Å². The van der Waals surface area contributed by atoms with Crippen LogP contribution in [-0.4, -0.2) is 13.1 Å². The van der Waals surface area contributed by atoms with Crippen molar-refractivity contribution in [1.29, 1.82) is 5.26 Å². The summed E-state index contributed by atoms with van der Waals surface area (Å²) in [7, 11) is 1.49. The number of rotatable bonds is 6. The van der Waals surface area contributed by atoms with Gasteiger partial charge in [0.15, 0.2) is 11.5 Å². The number of esters is 1. The predicted octanol–water partition coefficient (Wildman–Crippen LogP) is 6.03. The van der Waals surface area contributed by atoms with E-state index < -0.39 is 5.97 Å². The molecule has 0 aliphatic rings. The number of nitrogens with zero attached hydrogens (tertiary/aromatic N) is 1. The first-order valence-corrected chi connectivity index (χ1v) is 9.47. The third kappa shape index (κ3) is 5.60. The zero-order valence-electron chi connectivity index (χ0n) is 16.2. The van der Waals surface area contributed by atoms with Gasteiger partial charge in [0.05, 0.1) is 18.8 Å². The minimum atomic E-state index is -0.534. The fraction of sp³-hybridized carbons (Fsp3) is 0.0400. The van der Waals surface area contributed by atoms with E-state index >= 15 is 0 Å². The molecule has 3 aromatic rings. The van der Waals surface area contributed by atoms with E-state index in [0.717, 1.165) is 16.7 Å². The van der Waals surface area contributed by atoms with E-state index in [1.54, 1.807) is 54.6 Å². The molecule has 0 radical (unpaired) electrons. The molecule has 0 heterocycles. The summed E-state index contributed by atoms with van der Waals surface area (Å²) in [6.45, 7) is 0.